The third kappa shape index (κ3) is 4.57. The molecule has 2 rings (SSSR count). The first-order valence-electron chi connectivity index (χ1n) is 7.76. The lowest BCUT2D eigenvalue weighted by Crippen LogP contribution is -2.41. The summed E-state index contributed by atoms with van der Waals surface area (Å²) in [6.45, 7) is 6.90. The molecule has 0 aliphatic rings. The molecular formula is C19H20ClFN2O2. The molecule has 2 aromatic rings. The molecule has 6 heteroatoms. The van der Waals surface area contributed by atoms with E-state index in [0.717, 1.165) is 17.2 Å². The van der Waals surface area contributed by atoms with Crippen LogP contribution in [0.2, 0.25) is 5.02 Å². The van der Waals surface area contributed by atoms with Crippen LogP contribution in [0.5, 0.6) is 0 Å². The number of nitrogens with one attached hydrogen (secondary N) is 2. The van der Waals surface area contributed by atoms with Crippen LogP contribution in [-0.2, 0) is 9.59 Å². The number of rotatable bonds is 4. The lowest BCUT2D eigenvalue weighted by atomic mass is 9.90. The molecule has 0 aliphatic heterocycles. The third-order valence-corrected chi connectivity index (χ3v) is 4.08. The first kappa shape index (κ1) is 18.9. The smallest absolute Gasteiger partial charge is 0.239 e. The summed E-state index contributed by atoms with van der Waals surface area (Å²) in [4.78, 5) is 25.0. The summed E-state index contributed by atoms with van der Waals surface area (Å²) < 4.78 is 13.2. The van der Waals surface area contributed by atoms with Gasteiger partial charge in [-0.3, -0.25) is 9.59 Å². The van der Waals surface area contributed by atoms with Gasteiger partial charge in [-0.2, -0.15) is 0 Å². The third-order valence-electron chi connectivity index (χ3n) is 3.79. The van der Waals surface area contributed by atoms with Crippen molar-refractivity contribution in [2.24, 2.45) is 5.41 Å². The van der Waals surface area contributed by atoms with Gasteiger partial charge in [0.1, 0.15) is 11.2 Å². The molecule has 132 valence electrons. The quantitative estimate of drug-likeness (QED) is 0.774. The topological polar surface area (TPSA) is 58.2 Å². The first-order chi connectivity index (χ1) is 11.6. The summed E-state index contributed by atoms with van der Waals surface area (Å²) >= 11 is 5.71. The number of hydrogen-bond donors (Lipinski definition) is 2. The molecule has 4 nitrogen and oxygen atoms in total. The van der Waals surface area contributed by atoms with E-state index in [1.807, 2.05) is 32.0 Å². The van der Waals surface area contributed by atoms with Gasteiger partial charge in [-0.1, -0.05) is 17.7 Å². The van der Waals surface area contributed by atoms with Crippen LogP contribution >= 0.6 is 11.6 Å². The Morgan fingerprint density at radius 1 is 0.920 bits per heavy atom. The Balaban J connectivity index is 2.13. The van der Waals surface area contributed by atoms with Crippen LogP contribution in [0.25, 0.3) is 0 Å². The van der Waals surface area contributed by atoms with Gasteiger partial charge in [-0.25, -0.2) is 4.39 Å². The highest BCUT2D eigenvalue weighted by molar-refractivity contribution is 6.31. The van der Waals surface area contributed by atoms with Crippen molar-refractivity contribution in [2.45, 2.75) is 27.7 Å². The van der Waals surface area contributed by atoms with Crippen LogP contribution in [0.4, 0.5) is 15.8 Å². The molecule has 0 spiro atoms. The van der Waals surface area contributed by atoms with E-state index < -0.39 is 23.0 Å². The highest BCUT2D eigenvalue weighted by Crippen LogP contribution is 2.24. The molecule has 0 heterocycles. The van der Waals surface area contributed by atoms with Gasteiger partial charge < -0.3 is 10.6 Å². The predicted molar refractivity (Wildman–Crippen MR) is 98.4 cm³/mol. The summed E-state index contributed by atoms with van der Waals surface area (Å²) in [7, 11) is 0. The molecule has 2 amide bonds. The molecule has 0 saturated carbocycles. The molecule has 2 aromatic carbocycles. The molecule has 0 unspecified atom stereocenters. The lowest BCUT2D eigenvalue weighted by molar-refractivity contribution is -0.135. The predicted octanol–water partition coefficient (Wildman–Crippen LogP) is 4.70. The van der Waals surface area contributed by atoms with Gasteiger partial charge >= 0.3 is 0 Å². The second-order valence-electron chi connectivity index (χ2n) is 6.54. The van der Waals surface area contributed by atoms with E-state index in [1.54, 1.807) is 0 Å². The van der Waals surface area contributed by atoms with Crippen LogP contribution in [0, 0.1) is 25.1 Å². The molecule has 0 bridgehead atoms. The van der Waals surface area contributed by atoms with Crippen LogP contribution in [0.15, 0.2) is 36.4 Å². The maximum atomic E-state index is 13.2. The SMILES string of the molecule is Cc1cc(C)cc(NC(=O)C(C)(C)C(=O)Nc2ccc(F)c(Cl)c2)c1. The second kappa shape index (κ2) is 7.23. The summed E-state index contributed by atoms with van der Waals surface area (Å²) in [5.41, 5.74) is 1.65. The highest BCUT2D eigenvalue weighted by Gasteiger charge is 2.36. The second-order valence-corrected chi connectivity index (χ2v) is 6.95. The number of hydrogen-bond acceptors (Lipinski definition) is 2. The summed E-state index contributed by atoms with van der Waals surface area (Å²) in [5, 5.41) is 5.25. The minimum Gasteiger partial charge on any atom is -0.325 e. The normalized spacial score (nSPS) is 11.1. The number of anilines is 2. The Kier molecular flexibility index (Phi) is 5.48. The van der Waals surface area contributed by atoms with Gasteiger partial charge in [0.2, 0.25) is 11.8 Å². The minimum atomic E-state index is -1.33. The van der Waals surface area contributed by atoms with Crippen molar-refractivity contribution >= 4 is 34.8 Å². The van der Waals surface area contributed by atoms with Crippen LogP contribution in [-0.4, -0.2) is 11.8 Å². The zero-order valence-corrected chi connectivity index (χ0v) is 15.3. The van der Waals surface area contributed by atoms with E-state index in [4.69, 9.17) is 11.6 Å². The van der Waals surface area contributed by atoms with Crippen molar-refractivity contribution < 1.29 is 14.0 Å². The Bertz CT molecular complexity index is 814. The molecule has 0 atom stereocenters. The van der Waals surface area contributed by atoms with Gasteiger partial charge in [0.15, 0.2) is 0 Å². The molecule has 0 aromatic heterocycles. The van der Waals surface area contributed by atoms with Gasteiger partial charge in [0, 0.05) is 11.4 Å². The van der Waals surface area contributed by atoms with Crippen molar-refractivity contribution in [3.05, 3.63) is 58.4 Å². The van der Waals surface area contributed by atoms with E-state index in [-0.39, 0.29) is 5.02 Å². The number of halogens is 2. The summed E-state index contributed by atoms with van der Waals surface area (Å²) in [5.74, 6) is -1.54. The molecule has 2 N–H and O–H groups in total. The largest absolute Gasteiger partial charge is 0.325 e. The van der Waals surface area contributed by atoms with Crippen molar-refractivity contribution in [3.8, 4) is 0 Å². The van der Waals surface area contributed by atoms with E-state index >= 15 is 0 Å². The van der Waals surface area contributed by atoms with Gasteiger partial charge in [-0.15, -0.1) is 0 Å². The summed E-state index contributed by atoms with van der Waals surface area (Å²) in [6, 6.07) is 9.49. The maximum absolute atomic E-state index is 13.2. The molecule has 0 radical (unpaired) electrons. The number of benzene rings is 2. The number of aryl methyl sites for hydroxylation is 2. The number of amides is 2. The highest BCUT2D eigenvalue weighted by atomic mass is 35.5. The van der Waals surface area contributed by atoms with Crippen LogP contribution < -0.4 is 10.6 Å². The molecular weight excluding hydrogens is 343 g/mol. The molecule has 0 saturated heterocycles. The maximum Gasteiger partial charge on any atom is 0.239 e. The van der Waals surface area contributed by atoms with E-state index in [2.05, 4.69) is 10.6 Å². The fourth-order valence-corrected chi connectivity index (χ4v) is 2.48. The van der Waals surface area contributed by atoms with Crippen LogP contribution in [0.3, 0.4) is 0 Å². The average molecular weight is 363 g/mol. The fraction of sp³-hybridized carbons (Fsp3) is 0.263. The Morgan fingerprint density at radius 3 is 1.96 bits per heavy atom. The standard InChI is InChI=1S/C19H20ClFN2O2/c1-11-7-12(2)9-14(8-11)23-18(25)19(3,4)17(24)22-13-5-6-16(21)15(20)10-13/h5-10H,1-4H3,(H,22,24)(H,23,25). The Morgan fingerprint density at radius 2 is 1.44 bits per heavy atom. The van der Waals surface area contributed by atoms with Gasteiger partial charge in [0.25, 0.3) is 0 Å². The van der Waals surface area contributed by atoms with E-state index in [9.17, 15) is 14.0 Å². The zero-order chi connectivity index (χ0) is 18.8. The summed E-state index contributed by atoms with van der Waals surface area (Å²) in [6.07, 6.45) is 0. The number of carbonyl (C=O) groups excluding carboxylic acids is 2. The van der Waals surface area contributed by atoms with E-state index in [0.29, 0.717) is 11.4 Å². The van der Waals surface area contributed by atoms with Gasteiger partial charge in [-0.05, 0) is 69.2 Å². The Hall–Kier alpha value is -2.40. The molecule has 0 fully saturated rings. The van der Waals surface area contributed by atoms with Gasteiger partial charge in [0.05, 0.1) is 5.02 Å². The monoisotopic (exact) mass is 362 g/mol. The Labute approximate surface area is 151 Å². The first-order valence-corrected chi connectivity index (χ1v) is 8.13. The van der Waals surface area contributed by atoms with E-state index in [1.165, 1.54) is 26.0 Å². The number of carbonyl (C=O) groups is 2. The minimum absolute atomic E-state index is 0.102. The van der Waals surface area contributed by atoms with Crippen molar-refractivity contribution in [2.75, 3.05) is 10.6 Å². The van der Waals surface area contributed by atoms with Crippen molar-refractivity contribution in [3.63, 3.8) is 0 Å². The lowest BCUT2D eigenvalue weighted by Gasteiger charge is -2.23. The molecule has 0 aliphatic carbocycles. The average Bonchev–Trinajstić information content (AvgIpc) is 2.49. The van der Waals surface area contributed by atoms with Crippen LogP contribution in [0.1, 0.15) is 25.0 Å². The fourth-order valence-electron chi connectivity index (χ4n) is 2.30. The van der Waals surface area contributed by atoms with Crippen molar-refractivity contribution in [1.29, 1.82) is 0 Å². The zero-order valence-electron chi connectivity index (χ0n) is 14.5. The molecule has 25 heavy (non-hydrogen) atoms. The van der Waals surface area contributed by atoms with Crippen molar-refractivity contribution in [1.82, 2.24) is 0 Å².